The van der Waals surface area contributed by atoms with Gasteiger partial charge in [0, 0.05) is 30.5 Å². The fourth-order valence-electron chi connectivity index (χ4n) is 2.45. The number of thioether (sulfide) groups is 1. The lowest BCUT2D eigenvalue weighted by atomic mass is 10.1. The third-order valence-electron chi connectivity index (χ3n) is 3.90. The summed E-state index contributed by atoms with van der Waals surface area (Å²) in [5.74, 6) is 1.21. The fourth-order valence-corrected chi connectivity index (χ4v) is 3.31. The molecule has 3 nitrogen and oxygen atoms in total. The second-order valence-corrected chi connectivity index (χ2v) is 7.14. The minimum Gasteiger partial charge on any atom is -0.496 e. The minimum absolute atomic E-state index is 0.0517. The van der Waals surface area contributed by atoms with Gasteiger partial charge in [0.05, 0.1) is 7.11 Å². The lowest BCUT2D eigenvalue weighted by molar-refractivity contribution is -0.130. The van der Waals surface area contributed by atoms with E-state index in [1.807, 2.05) is 0 Å². The van der Waals surface area contributed by atoms with Crippen molar-refractivity contribution in [2.45, 2.75) is 31.2 Å². The Balaban J connectivity index is 1.78. The van der Waals surface area contributed by atoms with Crippen LogP contribution in [-0.2, 0) is 11.3 Å². The highest BCUT2D eigenvalue weighted by atomic mass is 32.2. The van der Waals surface area contributed by atoms with Gasteiger partial charge in [-0.25, -0.2) is 4.39 Å². The molecule has 0 saturated carbocycles. The Hall–Kier alpha value is -2.01. The van der Waals surface area contributed by atoms with E-state index in [4.69, 9.17) is 4.74 Å². The van der Waals surface area contributed by atoms with E-state index >= 15 is 0 Å². The Morgan fingerprint density at radius 2 is 1.92 bits per heavy atom. The lowest BCUT2D eigenvalue weighted by Crippen LogP contribution is -2.26. The van der Waals surface area contributed by atoms with Crippen molar-refractivity contribution < 1.29 is 13.9 Å². The van der Waals surface area contributed by atoms with Crippen LogP contribution in [0.3, 0.4) is 0 Å². The van der Waals surface area contributed by atoms with Gasteiger partial charge in [0.15, 0.2) is 0 Å². The molecule has 2 aromatic rings. The molecule has 0 heterocycles. The number of halogens is 1. The Kier molecular flexibility index (Phi) is 7.31. The van der Waals surface area contributed by atoms with Crippen LogP contribution in [0.25, 0.3) is 0 Å². The average Bonchev–Trinajstić information content (AvgIpc) is 2.60. The van der Waals surface area contributed by atoms with Gasteiger partial charge < -0.3 is 9.64 Å². The van der Waals surface area contributed by atoms with Gasteiger partial charge in [-0.2, -0.15) is 0 Å². The van der Waals surface area contributed by atoms with Gasteiger partial charge in [-0.3, -0.25) is 4.79 Å². The zero-order valence-electron chi connectivity index (χ0n) is 14.9. The predicted octanol–water partition coefficient (Wildman–Crippen LogP) is 4.67. The summed E-state index contributed by atoms with van der Waals surface area (Å²) in [7, 11) is 3.28. The van der Waals surface area contributed by atoms with Crippen molar-refractivity contribution >= 4 is 17.7 Å². The van der Waals surface area contributed by atoms with Crippen molar-refractivity contribution in [1.29, 1.82) is 0 Å². The monoisotopic (exact) mass is 361 g/mol. The molecule has 5 heteroatoms. The van der Waals surface area contributed by atoms with E-state index in [1.54, 1.807) is 36.9 Å². The van der Waals surface area contributed by atoms with Crippen LogP contribution < -0.4 is 4.74 Å². The minimum atomic E-state index is -0.328. The summed E-state index contributed by atoms with van der Waals surface area (Å²) in [5.41, 5.74) is 1.92. The molecule has 0 aliphatic heterocycles. The molecule has 2 rings (SSSR count). The van der Waals surface area contributed by atoms with Gasteiger partial charge in [-0.1, -0.05) is 17.7 Å². The third-order valence-corrected chi connectivity index (χ3v) is 5.00. The number of methoxy groups -OCH3 is 1. The topological polar surface area (TPSA) is 29.5 Å². The summed E-state index contributed by atoms with van der Waals surface area (Å²) in [4.78, 5) is 15.1. The van der Waals surface area contributed by atoms with E-state index in [0.717, 1.165) is 12.2 Å². The molecule has 0 bridgehead atoms. The van der Waals surface area contributed by atoms with Crippen LogP contribution in [-0.4, -0.2) is 30.7 Å². The van der Waals surface area contributed by atoms with Crippen molar-refractivity contribution in [2.24, 2.45) is 0 Å². The van der Waals surface area contributed by atoms with Crippen molar-refractivity contribution in [3.05, 3.63) is 59.4 Å². The first-order chi connectivity index (χ1) is 12.0. The molecule has 0 aromatic heterocycles. The van der Waals surface area contributed by atoms with E-state index in [0.29, 0.717) is 24.3 Å². The summed E-state index contributed by atoms with van der Waals surface area (Å²) in [6.45, 7) is 2.40. The van der Waals surface area contributed by atoms with Gasteiger partial charge >= 0.3 is 0 Å². The molecule has 0 saturated heterocycles. The number of hydrogen-bond donors (Lipinski definition) is 0. The SMILES string of the molecule is COc1ccc(F)cc1CN(C)C(=O)CCCSc1ccc(C)cc1. The normalized spacial score (nSPS) is 10.6. The molecule has 25 heavy (non-hydrogen) atoms. The number of nitrogens with zero attached hydrogens (tertiary/aromatic N) is 1. The van der Waals surface area contributed by atoms with Crippen LogP contribution in [0.15, 0.2) is 47.4 Å². The first kappa shape index (κ1) is 19.3. The van der Waals surface area contributed by atoms with E-state index in [-0.39, 0.29) is 11.7 Å². The zero-order chi connectivity index (χ0) is 18.2. The van der Waals surface area contributed by atoms with Crippen LogP contribution in [0.5, 0.6) is 5.75 Å². The number of aryl methyl sites for hydroxylation is 1. The van der Waals surface area contributed by atoms with Gasteiger partial charge in [-0.05, 0) is 49.4 Å². The molecule has 0 atom stereocenters. The number of carbonyl (C=O) groups is 1. The van der Waals surface area contributed by atoms with E-state index < -0.39 is 0 Å². The van der Waals surface area contributed by atoms with E-state index in [9.17, 15) is 9.18 Å². The number of benzene rings is 2. The van der Waals surface area contributed by atoms with Crippen LogP contribution in [0.4, 0.5) is 4.39 Å². The van der Waals surface area contributed by atoms with Crippen LogP contribution >= 0.6 is 11.8 Å². The number of amides is 1. The Morgan fingerprint density at radius 3 is 2.60 bits per heavy atom. The Labute approximate surface area is 153 Å². The molecular weight excluding hydrogens is 337 g/mol. The highest BCUT2D eigenvalue weighted by Crippen LogP contribution is 2.22. The van der Waals surface area contributed by atoms with Crippen molar-refractivity contribution in [1.82, 2.24) is 4.90 Å². The second-order valence-electron chi connectivity index (χ2n) is 5.97. The Bertz CT molecular complexity index is 703. The van der Waals surface area contributed by atoms with Crippen LogP contribution in [0.2, 0.25) is 0 Å². The predicted molar refractivity (Wildman–Crippen MR) is 101 cm³/mol. The summed E-state index contributed by atoms with van der Waals surface area (Å²) < 4.78 is 18.6. The summed E-state index contributed by atoms with van der Waals surface area (Å²) in [5, 5.41) is 0. The van der Waals surface area contributed by atoms with Gasteiger partial charge in [0.2, 0.25) is 5.91 Å². The average molecular weight is 361 g/mol. The summed E-state index contributed by atoms with van der Waals surface area (Å²) in [6, 6.07) is 12.7. The molecule has 1 amide bonds. The molecule has 0 unspecified atom stereocenters. The quantitative estimate of drug-likeness (QED) is 0.505. The zero-order valence-corrected chi connectivity index (χ0v) is 15.7. The van der Waals surface area contributed by atoms with Crippen LogP contribution in [0, 0.1) is 12.7 Å². The highest BCUT2D eigenvalue weighted by molar-refractivity contribution is 7.99. The Morgan fingerprint density at radius 1 is 1.20 bits per heavy atom. The van der Waals surface area contributed by atoms with Gasteiger partial charge in [-0.15, -0.1) is 11.8 Å². The number of rotatable bonds is 8. The highest BCUT2D eigenvalue weighted by Gasteiger charge is 2.12. The first-order valence-corrected chi connectivity index (χ1v) is 9.24. The molecule has 0 aliphatic rings. The maximum Gasteiger partial charge on any atom is 0.222 e. The first-order valence-electron chi connectivity index (χ1n) is 8.25. The largest absolute Gasteiger partial charge is 0.496 e. The van der Waals surface area contributed by atoms with E-state index in [2.05, 4.69) is 31.2 Å². The van der Waals surface area contributed by atoms with E-state index in [1.165, 1.54) is 22.6 Å². The standard InChI is InChI=1S/C20H24FNO2S/c1-15-6-9-18(10-7-15)25-12-4-5-20(23)22(2)14-16-13-17(21)8-11-19(16)24-3/h6-11,13H,4-5,12,14H2,1-3H3. The summed E-state index contributed by atoms with van der Waals surface area (Å²) in [6.07, 6.45) is 1.29. The molecular formula is C20H24FNO2S. The smallest absolute Gasteiger partial charge is 0.222 e. The molecule has 0 N–H and O–H groups in total. The molecule has 0 radical (unpaired) electrons. The van der Waals surface area contributed by atoms with Crippen molar-refractivity contribution in [2.75, 3.05) is 19.9 Å². The number of hydrogen-bond acceptors (Lipinski definition) is 3. The molecule has 0 spiro atoms. The maximum atomic E-state index is 13.4. The van der Waals surface area contributed by atoms with Crippen LogP contribution in [0.1, 0.15) is 24.0 Å². The van der Waals surface area contributed by atoms with Crippen molar-refractivity contribution in [3.8, 4) is 5.75 Å². The molecule has 134 valence electrons. The van der Waals surface area contributed by atoms with Gasteiger partial charge in [0.1, 0.15) is 11.6 Å². The fraction of sp³-hybridized carbons (Fsp3) is 0.350. The lowest BCUT2D eigenvalue weighted by Gasteiger charge is -2.19. The van der Waals surface area contributed by atoms with Gasteiger partial charge in [0.25, 0.3) is 0 Å². The third kappa shape index (κ3) is 6.09. The number of carbonyl (C=O) groups excluding carboxylic acids is 1. The second kappa shape index (κ2) is 9.47. The number of ether oxygens (including phenoxy) is 1. The molecule has 0 fully saturated rings. The molecule has 0 aliphatic carbocycles. The summed E-state index contributed by atoms with van der Waals surface area (Å²) >= 11 is 1.75. The van der Waals surface area contributed by atoms with Crippen molar-refractivity contribution in [3.63, 3.8) is 0 Å². The molecule has 2 aromatic carbocycles. The maximum absolute atomic E-state index is 13.4.